The minimum absolute atomic E-state index is 0. The number of halogens is 2. The van der Waals surface area contributed by atoms with Gasteiger partial charge in [-0.25, -0.2) is 4.39 Å². The van der Waals surface area contributed by atoms with E-state index < -0.39 is 0 Å². The smallest absolute Gasteiger partial charge is 0.131 e. The maximum absolute atomic E-state index is 14.5. The number of hydrogen-bond acceptors (Lipinski definition) is 3. The molecule has 1 N–H and O–H groups in total. The normalized spacial score (nSPS) is 18.0. The molecule has 0 spiro atoms. The molecule has 0 bridgehead atoms. The lowest BCUT2D eigenvalue weighted by molar-refractivity contribution is 0.0834. The number of hydrogen-bond donors (Lipinski definition) is 1. The highest BCUT2D eigenvalue weighted by molar-refractivity contribution is 5.85. The van der Waals surface area contributed by atoms with Crippen molar-refractivity contribution in [3.63, 3.8) is 0 Å². The Bertz CT molecular complexity index is 456. The van der Waals surface area contributed by atoms with E-state index in [1.54, 1.807) is 7.11 Å². The molecule has 1 fully saturated rings. The summed E-state index contributed by atoms with van der Waals surface area (Å²) in [5, 5.41) is 3.35. The molecule has 1 heterocycles. The number of benzene rings is 1. The van der Waals surface area contributed by atoms with Gasteiger partial charge in [0, 0.05) is 43.9 Å². The molecule has 1 aromatic carbocycles. The lowest BCUT2D eigenvalue weighted by Crippen LogP contribution is -2.48. The molecule has 0 aliphatic carbocycles. The highest BCUT2D eigenvalue weighted by Gasteiger charge is 2.34. The SMILES string of the molecule is COc1ccc([C@H](N2CCNCC2)C(C)(C)C)c(F)c1.Cl. The minimum Gasteiger partial charge on any atom is -0.497 e. The van der Waals surface area contributed by atoms with Gasteiger partial charge in [0.05, 0.1) is 7.11 Å². The Hall–Kier alpha value is -0.840. The van der Waals surface area contributed by atoms with Gasteiger partial charge in [0.2, 0.25) is 0 Å². The first-order chi connectivity index (χ1) is 9.43. The fourth-order valence-electron chi connectivity index (χ4n) is 3.01. The molecule has 120 valence electrons. The fraction of sp³-hybridized carbons (Fsp3) is 0.625. The lowest BCUT2D eigenvalue weighted by atomic mass is 9.80. The number of nitrogens with one attached hydrogen (secondary N) is 1. The monoisotopic (exact) mass is 316 g/mol. The Morgan fingerprint density at radius 1 is 1.24 bits per heavy atom. The summed E-state index contributed by atoms with van der Waals surface area (Å²) >= 11 is 0. The molecule has 0 radical (unpaired) electrons. The third-order valence-electron chi connectivity index (χ3n) is 3.84. The topological polar surface area (TPSA) is 24.5 Å². The van der Waals surface area contributed by atoms with Crippen LogP contribution in [0.2, 0.25) is 0 Å². The van der Waals surface area contributed by atoms with E-state index in [9.17, 15) is 4.39 Å². The summed E-state index contributed by atoms with van der Waals surface area (Å²) in [6, 6.07) is 5.28. The fourth-order valence-corrected chi connectivity index (χ4v) is 3.01. The average Bonchev–Trinajstić information content (AvgIpc) is 2.40. The average molecular weight is 317 g/mol. The van der Waals surface area contributed by atoms with Gasteiger partial charge in [-0.2, -0.15) is 0 Å². The van der Waals surface area contributed by atoms with Gasteiger partial charge < -0.3 is 10.1 Å². The molecule has 0 unspecified atom stereocenters. The van der Waals surface area contributed by atoms with Crippen LogP contribution in [0.25, 0.3) is 0 Å². The van der Waals surface area contributed by atoms with Gasteiger partial charge in [-0.15, -0.1) is 12.4 Å². The summed E-state index contributed by atoms with van der Waals surface area (Å²) in [4.78, 5) is 2.38. The zero-order valence-electron chi connectivity index (χ0n) is 13.3. The third kappa shape index (κ3) is 4.31. The first-order valence-corrected chi connectivity index (χ1v) is 7.21. The van der Waals surface area contributed by atoms with Crippen molar-refractivity contribution in [1.29, 1.82) is 0 Å². The van der Waals surface area contributed by atoms with Gasteiger partial charge in [0.15, 0.2) is 0 Å². The zero-order valence-corrected chi connectivity index (χ0v) is 14.1. The molecular formula is C16H26ClFN2O. The molecule has 0 amide bonds. The van der Waals surface area contributed by atoms with Crippen molar-refractivity contribution in [2.45, 2.75) is 26.8 Å². The van der Waals surface area contributed by atoms with Crippen LogP contribution >= 0.6 is 12.4 Å². The van der Waals surface area contributed by atoms with Gasteiger partial charge in [-0.1, -0.05) is 26.8 Å². The van der Waals surface area contributed by atoms with Crippen LogP contribution in [-0.2, 0) is 0 Å². The first-order valence-electron chi connectivity index (χ1n) is 7.21. The second-order valence-electron chi connectivity index (χ2n) is 6.44. The Balaban J connectivity index is 0.00000220. The van der Waals surface area contributed by atoms with Crippen LogP contribution < -0.4 is 10.1 Å². The summed E-state index contributed by atoms with van der Waals surface area (Å²) in [5.41, 5.74) is 0.743. The van der Waals surface area contributed by atoms with Crippen molar-refractivity contribution in [3.05, 3.63) is 29.6 Å². The lowest BCUT2D eigenvalue weighted by Gasteiger charge is -2.42. The standard InChI is InChI=1S/C16H25FN2O.ClH/c1-16(2,3)15(19-9-7-18-8-10-19)13-6-5-12(20-4)11-14(13)17;/h5-6,11,15,18H,7-10H2,1-4H3;1H/t15-;/m0./s1. The van der Waals surface area contributed by atoms with Gasteiger partial charge >= 0.3 is 0 Å². The van der Waals surface area contributed by atoms with Gasteiger partial charge in [-0.05, 0) is 11.5 Å². The Kier molecular flexibility index (Phi) is 6.44. The molecular weight excluding hydrogens is 291 g/mol. The van der Waals surface area contributed by atoms with E-state index >= 15 is 0 Å². The zero-order chi connectivity index (χ0) is 14.8. The summed E-state index contributed by atoms with van der Waals surface area (Å²) in [5.74, 6) is 0.391. The van der Waals surface area contributed by atoms with Gasteiger partial charge in [0.25, 0.3) is 0 Å². The van der Waals surface area contributed by atoms with Crippen LogP contribution in [0.4, 0.5) is 4.39 Å². The molecule has 1 aliphatic heterocycles. The van der Waals surface area contributed by atoms with E-state index in [0.29, 0.717) is 5.75 Å². The summed E-state index contributed by atoms with van der Waals surface area (Å²) in [7, 11) is 1.56. The van der Waals surface area contributed by atoms with E-state index in [4.69, 9.17) is 4.74 Å². The molecule has 21 heavy (non-hydrogen) atoms. The van der Waals surface area contributed by atoms with Crippen LogP contribution in [0.3, 0.4) is 0 Å². The number of nitrogens with zero attached hydrogens (tertiary/aromatic N) is 1. The van der Waals surface area contributed by atoms with Gasteiger partial charge in [-0.3, -0.25) is 4.90 Å². The third-order valence-corrected chi connectivity index (χ3v) is 3.84. The molecule has 1 saturated heterocycles. The van der Waals surface area contributed by atoms with E-state index in [-0.39, 0.29) is 29.7 Å². The Labute approximate surface area is 133 Å². The Morgan fingerprint density at radius 2 is 1.86 bits per heavy atom. The number of rotatable bonds is 3. The van der Waals surface area contributed by atoms with Crippen LogP contribution in [0.1, 0.15) is 32.4 Å². The molecule has 3 nitrogen and oxygen atoms in total. The van der Waals surface area contributed by atoms with Crippen molar-refractivity contribution < 1.29 is 9.13 Å². The second kappa shape index (κ2) is 7.43. The number of ether oxygens (including phenoxy) is 1. The van der Waals surface area contributed by atoms with E-state index in [1.165, 1.54) is 6.07 Å². The van der Waals surface area contributed by atoms with E-state index in [1.807, 2.05) is 12.1 Å². The maximum Gasteiger partial charge on any atom is 0.131 e. The molecule has 1 aromatic rings. The Morgan fingerprint density at radius 3 is 2.33 bits per heavy atom. The largest absolute Gasteiger partial charge is 0.497 e. The molecule has 1 aliphatic rings. The summed E-state index contributed by atoms with van der Waals surface area (Å²) < 4.78 is 19.5. The molecule has 1 atom stereocenters. The highest BCUT2D eigenvalue weighted by atomic mass is 35.5. The second-order valence-corrected chi connectivity index (χ2v) is 6.44. The van der Waals surface area contributed by atoms with Crippen molar-refractivity contribution >= 4 is 12.4 Å². The predicted molar refractivity (Wildman–Crippen MR) is 86.8 cm³/mol. The van der Waals surface area contributed by atoms with Crippen molar-refractivity contribution in [2.75, 3.05) is 33.3 Å². The van der Waals surface area contributed by atoms with Crippen molar-refractivity contribution in [3.8, 4) is 5.75 Å². The van der Waals surface area contributed by atoms with E-state index in [0.717, 1.165) is 31.7 Å². The predicted octanol–water partition coefficient (Wildman–Crippen LogP) is 3.25. The molecule has 0 aromatic heterocycles. The van der Waals surface area contributed by atoms with Crippen LogP contribution in [0.5, 0.6) is 5.75 Å². The van der Waals surface area contributed by atoms with Crippen LogP contribution in [0.15, 0.2) is 18.2 Å². The van der Waals surface area contributed by atoms with Crippen molar-refractivity contribution in [1.82, 2.24) is 10.2 Å². The number of piperazine rings is 1. The summed E-state index contributed by atoms with van der Waals surface area (Å²) in [6.07, 6.45) is 0. The summed E-state index contributed by atoms with van der Waals surface area (Å²) in [6.45, 7) is 10.3. The quantitative estimate of drug-likeness (QED) is 0.926. The molecule has 0 saturated carbocycles. The maximum atomic E-state index is 14.5. The molecule has 5 heteroatoms. The highest BCUT2D eigenvalue weighted by Crippen LogP contribution is 2.39. The van der Waals surface area contributed by atoms with Crippen LogP contribution in [0, 0.1) is 11.2 Å². The minimum atomic E-state index is -0.178. The molecule has 2 rings (SSSR count). The van der Waals surface area contributed by atoms with E-state index in [2.05, 4.69) is 31.0 Å². The van der Waals surface area contributed by atoms with Gasteiger partial charge in [0.1, 0.15) is 11.6 Å². The number of methoxy groups -OCH3 is 1. The van der Waals surface area contributed by atoms with Crippen molar-refractivity contribution in [2.24, 2.45) is 5.41 Å². The first kappa shape index (κ1) is 18.2. The van der Waals surface area contributed by atoms with Crippen LogP contribution in [-0.4, -0.2) is 38.2 Å².